The molecule has 1 amide bonds. The first-order valence-corrected chi connectivity index (χ1v) is 12.0. The lowest BCUT2D eigenvalue weighted by Gasteiger charge is -2.35. The second-order valence-corrected chi connectivity index (χ2v) is 9.75. The van der Waals surface area contributed by atoms with Crippen LogP contribution in [0, 0.1) is 6.92 Å². The van der Waals surface area contributed by atoms with E-state index in [1.54, 1.807) is 23.1 Å². The molecular weight excluding hydrogens is 428 g/mol. The minimum absolute atomic E-state index is 0.354. The van der Waals surface area contributed by atoms with E-state index in [2.05, 4.69) is 26.4 Å². The van der Waals surface area contributed by atoms with E-state index in [1.807, 2.05) is 37.3 Å². The average molecular weight is 455 g/mol. The highest BCUT2D eigenvalue weighted by molar-refractivity contribution is 7.89. The molecule has 0 atom stereocenters. The normalized spacial score (nSPS) is 15.0. The van der Waals surface area contributed by atoms with Gasteiger partial charge in [-0.25, -0.2) is 18.1 Å². The molecule has 32 heavy (non-hydrogen) atoms. The van der Waals surface area contributed by atoms with Crippen molar-refractivity contribution in [1.29, 1.82) is 0 Å². The SMILES string of the molecule is Cc1cccc(N2CCN(S(=O)(=O)CC(=O)Nc3ccccc3Cn3cncn3)CC2)c1. The summed E-state index contributed by atoms with van der Waals surface area (Å²) in [6.07, 6.45) is 3.02. The van der Waals surface area contributed by atoms with Crippen molar-refractivity contribution in [3.63, 3.8) is 0 Å². The fourth-order valence-corrected chi connectivity index (χ4v) is 5.07. The maximum Gasteiger partial charge on any atom is 0.241 e. The van der Waals surface area contributed by atoms with Crippen molar-refractivity contribution in [2.45, 2.75) is 13.5 Å². The molecule has 1 aromatic heterocycles. The lowest BCUT2D eigenvalue weighted by atomic mass is 10.2. The third-order valence-corrected chi connectivity index (χ3v) is 7.18. The molecule has 0 unspecified atom stereocenters. The molecule has 1 N–H and O–H groups in total. The van der Waals surface area contributed by atoms with Crippen LogP contribution in [0.1, 0.15) is 11.1 Å². The molecule has 2 heterocycles. The van der Waals surface area contributed by atoms with Gasteiger partial charge in [-0.05, 0) is 36.2 Å². The summed E-state index contributed by atoms with van der Waals surface area (Å²) in [5.41, 5.74) is 3.63. The van der Waals surface area contributed by atoms with Crippen molar-refractivity contribution in [1.82, 2.24) is 19.1 Å². The smallest absolute Gasteiger partial charge is 0.241 e. The van der Waals surface area contributed by atoms with Crippen molar-refractivity contribution in [3.8, 4) is 0 Å². The molecule has 0 spiro atoms. The maximum atomic E-state index is 12.8. The highest BCUT2D eigenvalue weighted by atomic mass is 32.2. The van der Waals surface area contributed by atoms with Gasteiger partial charge in [-0.2, -0.15) is 9.40 Å². The standard InChI is InChI=1S/C22H26N6O3S/c1-18-5-4-7-20(13-18)26-9-11-28(12-10-26)32(30,31)15-22(29)25-21-8-3-2-6-19(21)14-27-17-23-16-24-27/h2-8,13,16-17H,9-12,14-15H2,1H3,(H,25,29). The number of carbonyl (C=O) groups is 1. The number of piperazine rings is 1. The van der Waals surface area contributed by atoms with Gasteiger partial charge >= 0.3 is 0 Å². The molecule has 4 rings (SSSR count). The Hall–Kier alpha value is -3.24. The summed E-state index contributed by atoms with van der Waals surface area (Å²) in [6, 6.07) is 15.4. The number of aryl methyl sites for hydroxylation is 1. The fourth-order valence-electron chi connectivity index (χ4n) is 3.76. The van der Waals surface area contributed by atoms with Crippen LogP contribution in [0.4, 0.5) is 11.4 Å². The summed E-state index contributed by atoms with van der Waals surface area (Å²) in [4.78, 5) is 18.7. The van der Waals surface area contributed by atoms with Gasteiger partial charge in [-0.3, -0.25) is 4.79 Å². The Kier molecular flexibility index (Phi) is 6.52. The van der Waals surface area contributed by atoms with Crippen LogP contribution in [-0.2, 0) is 21.4 Å². The summed E-state index contributed by atoms with van der Waals surface area (Å²) in [5, 5.41) is 6.81. The predicted octanol–water partition coefficient (Wildman–Crippen LogP) is 1.73. The molecule has 10 heteroatoms. The lowest BCUT2D eigenvalue weighted by molar-refractivity contribution is -0.113. The number of aromatic nitrogens is 3. The molecule has 2 aromatic carbocycles. The van der Waals surface area contributed by atoms with E-state index in [0.29, 0.717) is 38.4 Å². The Morgan fingerprint density at radius 2 is 1.84 bits per heavy atom. The van der Waals surface area contributed by atoms with Gasteiger partial charge in [0.05, 0.1) is 6.54 Å². The van der Waals surface area contributed by atoms with Crippen molar-refractivity contribution >= 4 is 27.3 Å². The summed E-state index contributed by atoms with van der Waals surface area (Å²) < 4.78 is 28.7. The second kappa shape index (κ2) is 9.49. The highest BCUT2D eigenvalue weighted by Gasteiger charge is 2.29. The second-order valence-electron chi connectivity index (χ2n) is 7.78. The number of para-hydroxylation sites is 1. The van der Waals surface area contributed by atoms with Crippen LogP contribution in [0.15, 0.2) is 61.2 Å². The Balaban J connectivity index is 1.35. The highest BCUT2D eigenvalue weighted by Crippen LogP contribution is 2.20. The number of carbonyl (C=O) groups excluding carboxylic acids is 1. The predicted molar refractivity (Wildman–Crippen MR) is 123 cm³/mol. The molecule has 0 radical (unpaired) electrons. The van der Waals surface area contributed by atoms with Crippen LogP contribution >= 0.6 is 0 Å². The van der Waals surface area contributed by atoms with E-state index >= 15 is 0 Å². The molecule has 1 aliphatic rings. The summed E-state index contributed by atoms with van der Waals surface area (Å²) in [7, 11) is -3.71. The average Bonchev–Trinajstić information content (AvgIpc) is 3.28. The van der Waals surface area contributed by atoms with Gasteiger partial charge in [0.15, 0.2) is 0 Å². The first-order valence-electron chi connectivity index (χ1n) is 10.4. The molecular formula is C22H26N6O3S. The Bertz CT molecular complexity index is 1170. The zero-order valence-corrected chi connectivity index (χ0v) is 18.7. The van der Waals surface area contributed by atoms with Gasteiger partial charge in [0.25, 0.3) is 0 Å². The molecule has 0 bridgehead atoms. The van der Waals surface area contributed by atoms with Crippen LogP contribution in [0.25, 0.3) is 0 Å². The van der Waals surface area contributed by atoms with Gasteiger partial charge in [0, 0.05) is 37.6 Å². The minimum atomic E-state index is -3.71. The van der Waals surface area contributed by atoms with Gasteiger partial charge in [-0.15, -0.1) is 0 Å². The van der Waals surface area contributed by atoms with Crippen molar-refractivity contribution in [3.05, 3.63) is 72.3 Å². The number of nitrogens with zero attached hydrogens (tertiary/aromatic N) is 5. The van der Waals surface area contributed by atoms with Gasteiger partial charge in [0.2, 0.25) is 15.9 Å². The third-order valence-electron chi connectivity index (χ3n) is 5.40. The van der Waals surface area contributed by atoms with E-state index in [0.717, 1.165) is 11.3 Å². The number of amides is 1. The lowest BCUT2D eigenvalue weighted by Crippen LogP contribution is -2.50. The molecule has 9 nitrogen and oxygen atoms in total. The van der Waals surface area contributed by atoms with Crippen molar-refractivity contribution < 1.29 is 13.2 Å². The molecule has 0 saturated carbocycles. The molecule has 0 aliphatic carbocycles. The monoisotopic (exact) mass is 454 g/mol. The van der Waals surface area contributed by atoms with Gasteiger partial charge in [-0.1, -0.05) is 30.3 Å². The number of sulfonamides is 1. The number of nitrogens with one attached hydrogen (secondary N) is 1. The maximum absolute atomic E-state index is 12.8. The summed E-state index contributed by atoms with van der Waals surface area (Å²) in [6.45, 7) is 4.34. The van der Waals surface area contributed by atoms with E-state index in [1.165, 1.54) is 16.2 Å². The van der Waals surface area contributed by atoms with Crippen LogP contribution in [0.3, 0.4) is 0 Å². The number of hydrogen-bond donors (Lipinski definition) is 1. The Morgan fingerprint density at radius 1 is 1.06 bits per heavy atom. The Morgan fingerprint density at radius 3 is 2.56 bits per heavy atom. The molecule has 1 aliphatic heterocycles. The number of benzene rings is 2. The summed E-state index contributed by atoms with van der Waals surface area (Å²) >= 11 is 0. The van der Waals surface area contributed by atoms with Crippen molar-refractivity contribution in [2.75, 3.05) is 42.1 Å². The van der Waals surface area contributed by atoms with E-state index < -0.39 is 21.7 Å². The molecule has 168 valence electrons. The largest absolute Gasteiger partial charge is 0.369 e. The van der Waals surface area contributed by atoms with Crippen molar-refractivity contribution in [2.24, 2.45) is 0 Å². The first-order chi connectivity index (χ1) is 15.4. The van der Waals surface area contributed by atoms with Crippen LogP contribution in [0.5, 0.6) is 0 Å². The topological polar surface area (TPSA) is 100 Å². The van der Waals surface area contributed by atoms with Crippen LogP contribution in [-0.4, -0.2) is 65.3 Å². The minimum Gasteiger partial charge on any atom is -0.369 e. The molecule has 1 saturated heterocycles. The molecule has 1 fully saturated rings. The Labute approximate surface area is 187 Å². The zero-order chi connectivity index (χ0) is 22.6. The van der Waals surface area contributed by atoms with Crippen LogP contribution < -0.4 is 10.2 Å². The van der Waals surface area contributed by atoms with Gasteiger partial charge in [0.1, 0.15) is 18.4 Å². The number of anilines is 2. The third kappa shape index (κ3) is 5.32. The molecule has 3 aromatic rings. The van der Waals surface area contributed by atoms with E-state index in [-0.39, 0.29) is 0 Å². The summed E-state index contributed by atoms with van der Waals surface area (Å²) in [5.74, 6) is -1.15. The quantitative estimate of drug-likeness (QED) is 0.584. The van der Waals surface area contributed by atoms with Crippen LogP contribution in [0.2, 0.25) is 0 Å². The number of hydrogen-bond acceptors (Lipinski definition) is 6. The fraction of sp³-hybridized carbons (Fsp3) is 0.318. The number of rotatable bonds is 7. The van der Waals surface area contributed by atoms with Gasteiger partial charge < -0.3 is 10.2 Å². The first kappa shape index (κ1) is 22.0. The zero-order valence-electron chi connectivity index (χ0n) is 17.9. The van der Waals surface area contributed by atoms with E-state index in [9.17, 15) is 13.2 Å². The van der Waals surface area contributed by atoms with E-state index in [4.69, 9.17) is 0 Å².